The van der Waals surface area contributed by atoms with E-state index in [1.54, 1.807) is 13.8 Å². The Morgan fingerprint density at radius 2 is 1.94 bits per heavy atom. The van der Waals surface area contributed by atoms with Crippen molar-refractivity contribution in [3.63, 3.8) is 0 Å². The minimum absolute atomic E-state index is 0.118. The van der Waals surface area contributed by atoms with E-state index in [0.29, 0.717) is 13.2 Å². The molecule has 0 N–H and O–H groups in total. The lowest BCUT2D eigenvalue weighted by molar-refractivity contribution is -0.155. The van der Waals surface area contributed by atoms with Crippen LogP contribution in [0.3, 0.4) is 0 Å². The van der Waals surface area contributed by atoms with Gasteiger partial charge in [0.05, 0.1) is 6.54 Å². The molecule has 1 rings (SSSR count). The maximum atomic E-state index is 12.8. The summed E-state index contributed by atoms with van der Waals surface area (Å²) in [6, 6.07) is 0. The second-order valence-electron chi connectivity index (χ2n) is 3.94. The molecule has 8 heteroatoms. The number of ether oxygens (including phenoxy) is 2. The van der Waals surface area contributed by atoms with Gasteiger partial charge < -0.3 is 14.4 Å². The lowest BCUT2D eigenvalue weighted by atomic mass is 10.4. The molecule has 6 nitrogen and oxygen atoms in total. The zero-order chi connectivity index (χ0) is 13.8. The summed E-state index contributed by atoms with van der Waals surface area (Å²) < 4.78 is 44.8. The van der Waals surface area contributed by atoms with Crippen LogP contribution >= 0.6 is 0 Å². The summed E-state index contributed by atoms with van der Waals surface area (Å²) >= 11 is 0. The van der Waals surface area contributed by atoms with Gasteiger partial charge in [0.2, 0.25) is 5.91 Å². The van der Waals surface area contributed by atoms with Gasteiger partial charge in [-0.15, -0.1) is 3.89 Å². The van der Waals surface area contributed by atoms with Gasteiger partial charge in [0.15, 0.2) is 6.29 Å². The number of likely N-dealkylation sites (tertiary alicyclic amines) is 1. The summed E-state index contributed by atoms with van der Waals surface area (Å²) in [5.41, 5.74) is 0. The van der Waals surface area contributed by atoms with Crippen LogP contribution in [0.4, 0.5) is 3.89 Å². The Morgan fingerprint density at radius 1 is 1.39 bits per heavy atom. The Bertz CT molecular complexity index is 380. The van der Waals surface area contributed by atoms with Crippen LogP contribution in [0.2, 0.25) is 0 Å². The molecule has 1 unspecified atom stereocenters. The standard InChI is InChI=1S/C10H18FNO5S/c1-3-16-10(17-4-2)7-12-6-8(5-9(12)13)18(11,14)15/h8,10H,3-7H2,1-2H3. The summed E-state index contributed by atoms with van der Waals surface area (Å²) in [7, 11) is -4.67. The highest BCUT2D eigenvalue weighted by Crippen LogP contribution is 2.20. The topological polar surface area (TPSA) is 72.9 Å². The molecule has 18 heavy (non-hydrogen) atoms. The van der Waals surface area contributed by atoms with E-state index in [1.165, 1.54) is 4.90 Å². The van der Waals surface area contributed by atoms with Crippen LogP contribution in [-0.2, 0) is 24.5 Å². The minimum Gasteiger partial charge on any atom is -0.351 e. The van der Waals surface area contributed by atoms with Crippen LogP contribution in [0.25, 0.3) is 0 Å². The monoisotopic (exact) mass is 283 g/mol. The molecule has 0 aromatic heterocycles. The molecule has 0 aromatic carbocycles. The summed E-state index contributed by atoms with van der Waals surface area (Å²) in [6.07, 6.45) is -0.922. The van der Waals surface area contributed by atoms with Crippen LogP contribution in [-0.4, -0.2) is 57.1 Å². The van der Waals surface area contributed by atoms with Crippen molar-refractivity contribution >= 4 is 16.1 Å². The molecule has 1 atom stereocenters. The minimum atomic E-state index is -4.67. The van der Waals surface area contributed by atoms with Gasteiger partial charge in [-0.3, -0.25) is 4.79 Å². The highest BCUT2D eigenvalue weighted by molar-refractivity contribution is 7.87. The molecular weight excluding hydrogens is 265 g/mol. The molecule has 1 amide bonds. The van der Waals surface area contributed by atoms with Crippen LogP contribution < -0.4 is 0 Å². The van der Waals surface area contributed by atoms with Crippen molar-refractivity contribution in [3.05, 3.63) is 0 Å². The Balaban J connectivity index is 2.59. The van der Waals surface area contributed by atoms with Crippen LogP contribution in [0.1, 0.15) is 20.3 Å². The van der Waals surface area contributed by atoms with Gasteiger partial charge in [0.1, 0.15) is 5.25 Å². The Hall–Kier alpha value is -0.730. The van der Waals surface area contributed by atoms with Gasteiger partial charge in [-0.2, -0.15) is 8.42 Å². The number of amides is 1. The predicted molar refractivity (Wildman–Crippen MR) is 62.1 cm³/mol. The highest BCUT2D eigenvalue weighted by atomic mass is 32.3. The molecule has 1 fully saturated rings. The van der Waals surface area contributed by atoms with E-state index in [4.69, 9.17) is 9.47 Å². The molecule has 1 aliphatic heterocycles. The number of rotatable bonds is 7. The third-order valence-corrected chi connectivity index (χ3v) is 3.76. The number of carbonyl (C=O) groups is 1. The van der Waals surface area contributed by atoms with Gasteiger partial charge in [-0.25, -0.2) is 0 Å². The average Bonchev–Trinajstić information content (AvgIpc) is 2.61. The third-order valence-electron chi connectivity index (χ3n) is 2.65. The average molecular weight is 283 g/mol. The molecule has 0 spiro atoms. The van der Waals surface area contributed by atoms with Gasteiger partial charge in [0, 0.05) is 26.2 Å². The molecule has 1 heterocycles. The van der Waals surface area contributed by atoms with Crippen molar-refractivity contribution in [2.75, 3.05) is 26.3 Å². The van der Waals surface area contributed by atoms with Gasteiger partial charge >= 0.3 is 10.2 Å². The van der Waals surface area contributed by atoms with E-state index in [9.17, 15) is 17.1 Å². The van der Waals surface area contributed by atoms with Gasteiger partial charge in [-0.1, -0.05) is 0 Å². The first-order valence-electron chi connectivity index (χ1n) is 5.82. The van der Waals surface area contributed by atoms with Crippen LogP contribution in [0.15, 0.2) is 0 Å². The summed E-state index contributed by atoms with van der Waals surface area (Å²) in [5, 5.41) is -1.27. The van der Waals surface area contributed by atoms with Gasteiger partial charge in [-0.05, 0) is 13.8 Å². The van der Waals surface area contributed by atoms with Crippen molar-refractivity contribution in [2.24, 2.45) is 0 Å². The molecule has 1 saturated heterocycles. The van der Waals surface area contributed by atoms with E-state index in [1.807, 2.05) is 0 Å². The Labute approximate surface area is 106 Å². The van der Waals surface area contributed by atoms with Crippen LogP contribution in [0.5, 0.6) is 0 Å². The Morgan fingerprint density at radius 3 is 2.33 bits per heavy atom. The van der Waals surface area contributed by atoms with Gasteiger partial charge in [0.25, 0.3) is 0 Å². The molecular formula is C10H18FNO5S. The number of halogens is 1. The van der Waals surface area contributed by atoms with E-state index in [-0.39, 0.29) is 19.5 Å². The lowest BCUT2D eigenvalue weighted by Crippen LogP contribution is -2.37. The summed E-state index contributed by atoms with van der Waals surface area (Å²) in [5.74, 6) is -0.398. The van der Waals surface area contributed by atoms with Crippen molar-refractivity contribution in [3.8, 4) is 0 Å². The predicted octanol–water partition coefficient (Wildman–Crippen LogP) is 0.286. The highest BCUT2D eigenvalue weighted by Gasteiger charge is 2.39. The maximum Gasteiger partial charge on any atom is 0.307 e. The first kappa shape index (κ1) is 15.3. The molecule has 0 radical (unpaired) electrons. The smallest absolute Gasteiger partial charge is 0.307 e. The fraction of sp³-hybridized carbons (Fsp3) is 0.900. The second kappa shape index (κ2) is 6.44. The molecule has 106 valence electrons. The van der Waals surface area contributed by atoms with Crippen molar-refractivity contribution in [2.45, 2.75) is 31.8 Å². The number of nitrogens with zero attached hydrogens (tertiary/aromatic N) is 1. The molecule has 0 saturated carbocycles. The first-order valence-corrected chi connectivity index (χ1v) is 7.27. The largest absolute Gasteiger partial charge is 0.351 e. The van der Waals surface area contributed by atoms with Crippen molar-refractivity contribution in [1.82, 2.24) is 4.90 Å². The Kier molecular flexibility index (Phi) is 5.48. The SMILES string of the molecule is CCOC(CN1CC(S(=O)(=O)F)CC1=O)OCC. The second-order valence-corrected chi connectivity index (χ2v) is 5.56. The van der Waals surface area contributed by atoms with E-state index >= 15 is 0 Å². The molecule has 0 aliphatic carbocycles. The van der Waals surface area contributed by atoms with Crippen molar-refractivity contribution < 1.29 is 26.6 Å². The molecule has 0 aromatic rings. The summed E-state index contributed by atoms with van der Waals surface area (Å²) in [6.45, 7) is 4.37. The first-order chi connectivity index (χ1) is 8.38. The third kappa shape index (κ3) is 4.18. The molecule has 0 bridgehead atoms. The lowest BCUT2D eigenvalue weighted by Gasteiger charge is -2.23. The maximum absolute atomic E-state index is 12.8. The van der Waals surface area contributed by atoms with Crippen molar-refractivity contribution in [1.29, 1.82) is 0 Å². The zero-order valence-electron chi connectivity index (χ0n) is 10.5. The number of hydrogen-bond acceptors (Lipinski definition) is 5. The molecule has 1 aliphatic rings. The fourth-order valence-electron chi connectivity index (χ4n) is 1.81. The number of hydrogen-bond donors (Lipinski definition) is 0. The quantitative estimate of drug-likeness (QED) is 0.496. The van der Waals surface area contributed by atoms with E-state index in [2.05, 4.69) is 0 Å². The summed E-state index contributed by atoms with van der Waals surface area (Å²) in [4.78, 5) is 12.8. The number of carbonyl (C=O) groups excluding carboxylic acids is 1. The van der Waals surface area contributed by atoms with Crippen LogP contribution in [0, 0.1) is 0 Å². The normalized spacial score (nSPS) is 21.0. The fourth-order valence-corrected chi connectivity index (χ4v) is 2.51. The van der Waals surface area contributed by atoms with E-state index in [0.717, 1.165) is 0 Å². The van der Waals surface area contributed by atoms with E-state index < -0.39 is 27.7 Å². The zero-order valence-corrected chi connectivity index (χ0v) is 11.3.